The van der Waals surface area contributed by atoms with Gasteiger partial charge in [0.15, 0.2) is 6.17 Å². The maximum absolute atomic E-state index is 13.0. The molecule has 0 aliphatic heterocycles. The fourth-order valence-corrected chi connectivity index (χ4v) is 1.99. The smallest absolute Gasteiger partial charge is 0.391 e. The van der Waals surface area contributed by atoms with Crippen LogP contribution in [0.1, 0.15) is 25.7 Å². The van der Waals surface area contributed by atoms with Crippen LogP contribution in [0, 0.1) is 11.8 Å². The third-order valence-corrected chi connectivity index (χ3v) is 2.83. The highest BCUT2D eigenvalue weighted by atomic mass is 19.4. The minimum Gasteiger partial charge on any atom is -0.479 e. The molecule has 0 bridgehead atoms. The van der Waals surface area contributed by atoms with Crippen molar-refractivity contribution < 1.29 is 27.5 Å². The van der Waals surface area contributed by atoms with E-state index in [-0.39, 0.29) is 19.3 Å². The number of carbonyl (C=O) groups is 1. The lowest BCUT2D eigenvalue weighted by molar-refractivity contribution is -0.189. The molecular formula is C9H12F4O2. The normalized spacial score (nSPS) is 29.9. The molecule has 0 radical (unpaired) electrons. The zero-order chi connectivity index (χ0) is 11.6. The van der Waals surface area contributed by atoms with E-state index < -0.39 is 36.6 Å². The second-order valence-corrected chi connectivity index (χ2v) is 3.91. The summed E-state index contributed by atoms with van der Waals surface area (Å²) in [6, 6.07) is 0. The Morgan fingerprint density at radius 1 is 1.33 bits per heavy atom. The summed E-state index contributed by atoms with van der Waals surface area (Å²) in [7, 11) is 0. The molecule has 0 aromatic heterocycles. The molecule has 0 amide bonds. The molecule has 1 N–H and O–H groups in total. The summed E-state index contributed by atoms with van der Waals surface area (Å²) >= 11 is 0. The lowest BCUT2D eigenvalue weighted by Gasteiger charge is -2.30. The predicted molar refractivity (Wildman–Crippen MR) is 44.0 cm³/mol. The summed E-state index contributed by atoms with van der Waals surface area (Å²) < 4.78 is 49.9. The molecule has 2 nitrogen and oxygen atoms in total. The minimum absolute atomic E-state index is 0.0215. The highest BCUT2D eigenvalue weighted by Crippen LogP contribution is 2.41. The Morgan fingerprint density at radius 3 is 2.40 bits per heavy atom. The van der Waals surface area contributed by atoms with Crippen LogP contribution in [0.2, 0.25) is 0 Å². The first-order valence-electron chi connectivity index (χ1n) is 4.76. The molecule has 3 unspecified atom stereocenters. The topological polar surface area (TPSA) is 37.3 Å². The van der Waals surface area contributed by atoms with Crippen LogP contribution in [-0.4, -0.2) is 23.4 Å². The molecule has 1 fully saturated rings. The molecular weight excluding hydrogens is 216 g/mol. The summed E-state index contributed by atoms with van der Waals surface area (Å²) in [6.45, 7) is 0. The monoisotopic (exact) mass is 228 g/mol. The fourth-order valence-electron chi connectivity index (χ4n) is 1.99. The maximum Gasteiger partial charge on any atom is 0.391 e. The van der Waals surface area contributed by atoms with E-state index in [0.717, 1.165) is 0 Å². The van der Waals surface area contributed by atoms with Crippen molar-refractivity contribution in [2.75, 3.05) is 0 Å². The van der Waals surface area contributed by atoms with Gasteiger partial charge in [-0.05, 0) is 19.3 Å². The molecule has 1 aliphatic carbocycles. The van der Waals surface area contributed by atoms with E-state index in [2.05, 4.69) is 0 Å². The van der Waals surface area contributed by atoms with Gasteiger partial charge in [0, 0.05) is 5.92 Å². The van der Waals surface area contributed by atoms with Gasteiger partial charge in [-0.1, -0.05) is 6.42 Å². The molecule has 0 saturated heterocycles. The Balaban J connectivity index is 2.60. The molecule has 15 heavy (non-hydrogen) atoms. The largest absolute Gasteiger partial charge is 0.479 e. The molecule has 0 aromatic carbocycles. The Bertz CT molecular complexity index is 239. The number of hydrogen-bond acceptors (Lipinski definition) is 1. The van der Waals surface area contributed by atoms with Crippen molar-refractivity contribution in [3.8, 4) is 0 Å². The van der Waals surface area contributed by atoms with Crippen molar-refractivity contribution in [1.82, 2.24) is 0 Å². The molecule has 0 spiro atoms. The van der Waals surface area contributed by atoms with Crippen molar-refractivity contribution in [2.45, 2.75) is 38.0 Å². The Labute approximate surface area is 84.3 Å². The molecule has 3 atom stereocenters. The van der Waals surface area contributed by atoms with Crippen LogP contribution in [0.15, 0.2) is 0 Å². The van der Waals surface area contributed by atoms with E-state index in [0.29, 0.717) is 0 Å². The lowest BCUT2D eigenvalue weighted by atomic mass is 9.79. The lowest BCUT2D eigenvalue weighted by Crippen LogP contribution is -2.35. The quantitative estimate of drug-likeness (QED) is 0.738. The minimum atomic E-state index is -4.34. The number of alkyl halides is 4. The van der Waals surface area contributed by atoms with Crippen LogP contribution in [-0.2, 0) is 4.79 Å². The van der Waals surface area contributed by atoms with Crippen molar-refractivity contribution in [3.05, 3.63) is 0 Å². The Kier molecular flexibility index (Phi) is 3.57. The number of rotatable bonds is 2. The average molecular weight is 228 g/mol. The Hall–Kier alpha value is -0.810. The van der Waals surface area contributed by atoms with Crippen LogP contribution in [0.4, 0.5) is 17.6 Å². The van der Waals surface area contributed by atoms with Crippen molar-refractivity contribution in [3.63, 3.8) is 0 Å². The average Bonchev–Trinajstić information content (AvgIpc) is 2.15. The summed E-state index contributed by atoms with van der Waals surface area (Å²) in [5.41, 5.74) is 0. The number of hydrogen-bond donors (Lipinski definition) is 1. The summed E-state index contributed by atoms with van der Waals surface area (Å²) in [5.74, 6) is -4.21. The number of aliphatic carboxylic acids is 1. The van der Waals surface area contributed by atoms with Crippen molar-refractivity contribution >= 4 is 5.97 Å². The van der Waals surface area contributed by atoms with Gasteiger partial charge < -0.3 is 5.11 Å². The zero-order valence-electron chi connectivity index (χ0n) is 7.93. The van der Waals surface area contributed by atoms with Gasteiger partial charge >= 0.3 is 12.1 Å². The summed E-state index contributed by atoms with van der Waals surface area (Å²) in [4.78, 5) is 10.3. The van der Waals surface area contributed by atoms with Gasteiger partial charge in [-0.15, -0.1) is 0 Å². The van der Waals surface area contributed by atoms with Crippen LogP contribution in [0.3, 0.4) is 0 Å². The van der Waals surface area contributed by atoms with Crippen LogP contribution >= 0.6 is 0 Å². The van der Waals surface area contributed by atoms with Crippen molar-refractivity contribution in [1.29, 1.82) is 0 Å². The standard InChI is InChI=1S/C9H12F4O2/c10-7(8(14)15)5-2-1-3-6(4-5)9(11,12)13/h5-7H,1-4H2,(H,14,15). The molecule has 0 heterocycles. The predicted octanol–water partition coefficient (Wildman–Crippen LogP) is 2.78. The number of carboxylic acids is 1. The van der Waals surface area contributed by atoms with E-state index in [1.54, 1.807) is 0 Å². The maximum atomic E-state index is 13.0. The molecule has 1 aliphatic rings. The number of halogens is 4. The first-order chi connectivity index (χ1) is 6.82. The fraction of sp³-hybridized carbons (Fsp3) is 0.889. The summed E-state index contributed by atoms with van der Waals surface area (Å²) in [5, 5.41) is 8.37. The van der Waals surface area contributed by atoms with E-state index in [4.69, 9.17) is 5.11 Å². The van der Waals surface area contributed by atoms with Crippen molar-refractivity contribution in [2.24, 2.45) is 11.8 Å². The van der Waals surface area contributed by atoms with E-state index in [9.17, 15) is 22.4 Å². The molecule has 88 valence electrons. The van der Waals surface area contributed by atoms with Gasteiger partial charge in [0.05, 0.1) is 5.92 Å². The van der Waals surface area contributed by atoms with E-state index in [1.165, 1.54) is 0 Å². The first-order valence-corrected chi connectivity index (χ1v) is 4.76. The van der Waals surface area contributed by atoms with Gasteiger partial charge in [-0.3, -0.25) is 0 Å². The Morgan fingerprint density at radius 2 is 1.93 bits per heavy atom. The van der Waals surface area contributed by atoms with E-state index >= 15 is 0 Å². The van der Waals surface area contributed by atoms with Crippen LogP contribution < -0.4 is 0 Å². The third kappa shape index (κ3) is 3.07. The van der Waals surface area contributed by atoms with E-state index in [1.807, 2.05) is 0 Å². The first kappa shape index (κ1) is 12.3. The summed E-state index contributed by atoms with van der Waals surface area (Å²) in [6.07, 6.45) is -6.47. The zero-order valence-corrected chi connectivity index (χ0v) is 7.93. The van der Waals surface area contributed by atoms with Gasteiger partial charge in [0.25, 0.3) is 0 Å². The molecule has 6 heteroatoms. The number of carboxylic acid groups (broad SMARTS) is 1. The van der Waals surface area contributed by atoms with Crippen LogP contribution in [0.5, 0.6) is 0 Å². The van der Waals surface area contributed by atoms with Gasteiger partial charge in [-0.25, -0.2) is 9.18 Å². The second-order valence-electron chi connectivity index (χ2n) is 3.91. The molecule has 0 aromatic rings. The van der Waals surface area contributed by atoms with Gasteiger partial charge in [0.2, 0.25) is 0 Å². The molecule has 1 rings (SSSR count). The van der Waals surface area contributed by atoms with Gasteiger partial charge in [0.1, 0.15) is 0 Å². The van der Waals surface area contributed by atoms with Crippen LogP contribution in [0.25, 0.3) is 0 Å². The highest BCUT2D eigenvalue weighted by Gasteiger charge is 2.44. The highest BCUT2D eigenvalue weighted by molar-refractivity contribution is 5.72. The molecule has 1 saturated carbocycles. The van der Waals surface area contributed by atoms with Gasteiger partial charge in [-0.2, -0.15) is 13.2 Å². The second kappa shape index (κ2) is 4.37. The SMILES string of the molecule is O=C(O)C(F)C1CCCC(C(F)(F)F)C1. The third-order valence-electron chi connectivity index (χ3n) is 2.83.